The van der Waals surface area contributed by atoms with Crippen molar-refractivity contribution in [2.24, 2.45) is 23.2 Å². The van der Waals surface area contributed by atoms with E-state index in [0.717, 1.165) is 25.7 Å². The van der Waals surface area contributed by atoms with Gasteiger partial charge in [-0.2, -0.15) is 0 Å². The summed E-state index contributed by atoms with van der Waals surface area (Å²) in [5.41, 5.74) is 0.321. The lowest BCUT2D eigenvalue weighted by Crippen LogP contribution is -2.37. The van der Waals surface area contributed by atoms with Gasteiger partial charge in [0.2, 0.25) is 0 Å². The van der Waals surface area contributed by atoms with Gasteiger partial charge in [0.15, 0.2) is 0 Å². The minimum Gasteiger partial charge on any atom is -0.393 e. The summed E-state index contributed by atoms with van der Waals surface area (Å²) in [6.07, 6.45) is 3.37. The zero-order valence-electron chi connectivity index (χ0n) is 12.1. The summed E-state index contributed by atoms with van der Waals surface area (Å²) in [7, 11) is 0. The van der Waals surface area contributed by atoms with Crippen LogP contribution in [0.15, 0.2) is 0 Å². The van der Waals surface area contributed by atoms with Crippen LogP contribution >= 0.6 is 0 Å². The number of hydrogen-bond acceptors (Lipinski definition) is 2. The highest BCUT2D eigenvalue weighted by Gasteiger charge is 2.36. The summed E-state index contributed by atoms with van der Waals surface area (Å²) < 4.78 is 0. The van der Waals surface area contributed by atoms with Gasteiger partial charge in [-0.1, -0.05) is 34.6 Å². The topological polar surface area (TPSA) is 40.5 Å². The van der Waals surface area contributed by atoms with Crippen molar-refractivity contribution in [2.75, 3.05) is 0 Å². The van der Waals surface area contributed by atoms with Crippen LogP contribution in [0.1, 0.15) is 60.3 Å². The maximum Gasteiger partial charge on any atom is 0.0569 e. The second kappa shape index (κ2) is 5.71. The molecule has 0 radical (unpaired) electrons. The first-order chi connectivity index (χ1) is 7.71. The van der Waals surface area contributed by atoms with E-state index in [4.69, 9.17) is 0 Å². The maximum absolute atomic E-state index is 10.1. The largest absolute Gasteiger partial charge is 0.393 e. The molecule has 0 spiro atoms. The van der Waals surface area contributed by atoms with E-state index in [0.29, 0.717) is 11.3 Å². The van der Waals surface area contributed by atoms with Crippen molar-refractivity contribution in [1.29, 1.82) is 0 Å². The molecule has 0 saturated heterocycles. The average Bonchev–Trinajstić information content (AvgIpc) is 2.19. The molecule has 17 heavy (non-hydrogen) atoms. The van der Waals surface area contributed by atoms with E-state index in [9.17, 15) is 10.2 Å². The van der Waals surface area contributed by atoms with Crippen molar-refractivity contribution in [3.63, 3.8) is 0 Å². The van der Waals surface area contributed by atoms with E-state index < -0.39 is 0 Å². The smallest absolute Gasteiger partial charge is 0.0569 e. The first-order valence-electron chi connectivity index (χ1n) is 7.08. The van der Waals surface area contributed by atoms with Gasteiger partial charge in [0.25, 0.3) is 0 Å². The highest BCUT2D eigenvalue weighted by Crippen LogP contribution is 2.42. The first kappa shape index (κ1) is 15.0. The molecule has 0 aromatic carbocycles. The Balaban J connectivity index is 2.58. The van der Waals surface area contributed by atoms with Crippen molar-refractivity contribution in [1.82, 2.24) is 0 Å². The summed E-state index contributed by atoms with van der Waals surface area (Å²) in [5, 5.41) is 20.0. The van der Waals surface area contributed by atoms with Crippen LogP contribution in [0.3, 0.4) is 0 Å². The summed E-state index contributed by atoms with van der Waals surface area (Å²) in [5.74, 6) is 1.25. The molecule has 0 amide bonds. The summed E-state index contributed by atoms with van der Waals surface area (Å²) in [6, 6.07) is 0. The van der Waals surface area contributed by atoms with Gasteiger partial charge in [-0.05, 0) is 48.9 Å². The predicted molar refractivity (Wildman–Crippen MR) is 71.8 cm³/mol. The van der Waals surface area contributed by atoms with Crippen molar-refractivity contribution < 1.29 is 10.2 Å². The molecule has 2 nitrogen and oxygen atoms in total. The quantitative estimate of drug-likeness (QED) is 0.798. The molecular weight excluding hydrogens is 212 g/mol. The fourth-order valence-electron chi connectivity index (χ4n) is 2.87. The van der Waals surface area contributed by atoms with E-state index in [1.54, 1.807) is 0 Å². The van der Waals surface area contributed by atoms with E-state index in [1.165, 1.54) is 0 Å². The molecule has 0 aromatic rings. The number of rotatable bonds is 3. The third-order valence-electron chi connectivity index (χ3n) is 4.48. The van der Waals surface area contributed by atoms with Gasteiger partial charge in [-0.15, -0.1) is 0 Å². The van der Waals surface area contributed by atoms with Gasteiger partial charge in [0, 0.05) is 0 Å². The van der Waals surface area contributed by atoms with Crippen LogP contribution in [0.5, 0.6) is 0 Å². The van der Waals surface area contributed by atoms with Crippen LogP contribution < -0.4 is 0 Å². The summed E-state index contributed by atoms with van der Waals surface area (Å²) in [6.45, 7) is 10.9. The van der Waals surface area contributed by atoms with Crippen molar-refractivity contribution >= 4 is 0 Å². The van der Waals surface area contributed by atoms with Crippen LogP contribution in [-0.4, -0.2) is 22.4 Å². The Labute approximate surface area is 106 Å². The molecule has 0 aromatic heterocycles. The molecule has 2 N–H and O–H groups in total. The molecule has 4 unspecified atom stereocenters. The van der Waals surface area contributed by atoms with Crippen molar-refractivity contribution in [2.45, 2.75) is 72.5 Å². The second-order valence-electron chi connectivity index (χ2n) is 7.25. The minimum atomic E-state index is -0.270. The second-order valence-corrected chi connectivity index (χ2v) is 7.25. The standard InChI is InChI=1S/C15H30O2/c1-10(2)14(17)9-11-8-12(15(3,4)5)6-7-13(11)16/h10-14,16-17H,6-9H2,1-5H3. The van der Waals surface area contributed by atoms with E-state index >= 15 is 0 Å². The Morgan fingerprint density at radius 3 is 2.24 bits per heavy atom. The van der Waals surface area contributed by atoms with Gasteiger partial charge in [-0.25, -0.2) is 0 Å². The fraction of sp³-hybridized carbons (Fsp3) is 1.00. The third kappa shape index (κ3) is 4.26. The molecule has 1 rings (SSSR count). The van der Waals surface area contributed by atoms with Crippen LogP contribution in [-0.2, 0) is 0 Å². The lowest BCUT2D eigenvalue weighted by Gasteiger charge is -2.41. The Bertz CT molecular complexity index is 230. The Hall–Kier alpha value is -0.0800. The van der Waals surface area contributed by atoms with E-state index in [1.807, 2.05) is 13.8 Å². The third-order valence-corrected chi connectivity index (χ3v) is 4.48. The molecule has 1 saturated carbocycles. The van der Waals surface area contributed by atoms with Crippen LogP contribution in [0, 0.1) is 23.2 Å². The maximum atomic E-state index is 10.1. The van der Waals surface area contributed by atoms with Crippen LogP contribution in [0.2, 0.25) is 0 Å². The monoisotopic (exact) mass is 242 g/mol. The van der Waals surface area contributed by atoms with Gasteiger partial charge < -0.3 is 10.2 Å². The molecule has 1 aliphatic carbocycles. The lowest BCUT2D eigenvalue weighted by atomic mass is 9.67. The Morgan fingerprint density at radius 1 is 1.18 bits per heavy atom. The molecular formula is C15H30O2. The van der Waals surface area contributed by atoms with Gasteiger partial charge >= 0.3 is 0 Å². The van der Waals surface area contributed by atoms with Crippen molar-refractivity contribution in [3.8, 4) is 0 Å². The summed E-state index contributed by atoms with van der Waals surface area (Å²) in [4.78, 5) is 0. The van der Waals surface area contributed by atoms with E-state index in [-0.39, 0.29) is 24.0 Å². The molecule has 1 aliphatic rings. The van der Waals surface area contributed by atoms with Gasteiger partial charge in [0.05, 0.1) is 12.2 Å². The van der Waals surface area contributed by atoms with Crippen molar-refractivity contribution in [3.05, 3.63) is 0 Å². The fourth-order valence-corrected chi connectivity index (χ4v) is 2.87. The SMILES string of the molecule is CC(C)C(O)CC1CC(C(C)(C)C)CCC1O. The number of aliphatic hydroxyl groups is 2. The zero-order chi connectivity index (χ0) is 13.2. The highest BCUT2D eigenvalue weighted by atomic mass is 16.3. The zero-order valence-corrected chi connectivity index (χ0v) is 12.1. The normalized spacial score (nSPS) is 32.8. The summed E-state index contributed by atoms with van der Waals surface area (Å²) >= 11 is 0. The molecule has 2 heteroatoms. The predicted octanol–water partition coefficient (Wildman–Crippen LogP) is 3.22. The number of aliphatic hydroxyl groups excluding tert-OH is 2. The van der Waals surface area contributed by atoms with Gasteiger partial charge in [0.1, 0.15) is 0 Å². The Morgan fingerprint density at radius 2 is 1.76 bits per heavy atom. The molecule has 1 fully saturated rings. The minimum absolute atomic E-state index is 0.206. The molecule has 0 bridgehead atoms. The molecule has 102 valence electrons. The van der Waals surface area contributed by atoms with Crippen LogP contribution in [0.4, 0.5) is 0 Å². The Kier molecular flexibility index (Phi) is 5.03. The first-order valence-corrected chi connectivity index (χ1v) is 7.08. The molecule has 0 aliphatic heterocycles. The lowest BCUT2D eigenvalue weighted by molar-refractivity contribution is -0.0125. The number of hydrogen-bond donors (Lipinski definition) is 2. The van der Waals surface area contributed by atoms with E-state index in [2.05, 4.69) is 20.8 Å². The molecule has 4 atom stereocenters. The van der Waals surface area contributed by atoms with Gasteiger partial charge in [-0.3, -0.25) is 0 Å². The highest BCUT2D eigenvalue weighted by molar-refractivity contribution is 4.86. The molecule has 0 heterocycles. The van der Waals surface area contributed by atoms with Crippen LogP contribution in [0.25, 0.3) is 0 Å². The average molecular weight is 242 g/mol.